The van der Waals surface area contributed by atoms with Crippen LogP contribution >= 0.6 is 0 Å². The summed E-state index contributed by atoms with van der Waals surface area (Å²) in [7, 11) is 0. The summed E-state index contributed by atoms with van der Waals surface area (Å²) in [5, 5.41) is 14.5. The van der Waals surface area contributed by atoms with Crippen molar-refractivity contribution in [1.82, 2.24) is 4.98 Å². The zero-order valence-corrected chi connectivity index (χ0v) is 10.1. The highest BCUT2D eigenvalue weighted by molar-refractivity contribution is 5.93. The predicted octanol–water partition coefficient (Wildman–Crippen LogP) is 2.00. The van der Waals surface area contributed by atoms with Crippen LogP contribution in [0.2, 0.25) is 0 Å². The lowest BCUT2D eigenvalue weighted by Crippen LogP contribution is -2.35. The molecule has 4 N–H and O–H groups in total. The van der Waals surface area contributed by atoms with Crippen LogP contribution < -0.4 is 11.1 Å². The Hall–Kier alpha value is -1.81. The molecule has 1 aromatic carbocycles. The number of aliphatic hydroxyl groups excluding tert-OH is 1. The topological polar surface area (TPSA) is 71.2 Å². The van der Waals surface area contributed by atoms with Crippen LogP contribution in [-0.2, 0) is 0 Å². The average Bonchev–Trinajstić information content (AvgIpc) is 2.30. The van der Waals surface area contributed by atoms with Gasteiger partial charge in [-0.1, -0.05) is 6.07 Å². The molecule has 4 nitrogen and oxygen atoms in total. The Kier molecular flexibility index (Phi) is 2.90. The van der Waals surface area contributed by atoms with Crippen LogP contribution in [0, 0.1) is 0 Å². The first-order valence-corrected chi connectivity index (χ1v) is 5.55. The van der Waals surface area contributed by atoms with Crippen LogP contribution in [0.5, 0.6) is 0 Å². The van der Waals surface area contributed by atoms with Crippen LogP contribution in [0.4, 0.5) is 11.5 Å². The van der Waals surface area contributed by atoms with E-state index < -0.39 is 5.54 Å². The molecule has 0 fully saturated rings. The van der Waals surface area contributed by atoms with Crippen LogP contribution in [0.1, 0.15) is 13.8 Å². The second-order valence-corrected chi connectivity index (χ2v) is 4.81. The van der Waals surface area contributed by atoms with Crippen LogP contribution in [0.15, 0.2) is 30.5 Å². The number of rotatable bonds is 3. The fraction of sp³-hybridized carbons (Fsp3) is 0.308. The fourth-order valence-corrected chi connectivity index (χ4v) is 1.65. The Balaban J connectivity index is 2.50. The average molecular weight is 231 g/mol. The van der Waals surface area contributed by atoms with E-state index in [1.165, 1.54) is 0 Å². The van der Waals surface area contributed by atoms with E-state index in [0.29, 0.717) is 5.69 Å². The molecule has 2 rings (SSSR count). The molecule has 0 aliphatic heterocycles. The minimum atomic E-state index is -0.411. The molecule has 0 spiro atoms. The smallest absolute Gasteiger partial charge is 0.134 e. The number of nitrogen functional groups attached to an aromatic ring is 1. The first kappa shape index (κ1) is 11.7. The van der Waals surface area contributed by atoms with Gasteiger partial charge in [0, 0.05) is 17.3 Å². The third-order valence-corrected chi connectivity index (χ3v) is 2.64. The molecule has 2 aromatic rings. The van der Waals surface area contributed by atoms with Gasteiger partial charge in [0.15, 0.2) is 0 Å². The molecule has 0 unspecified atom stereocenters. The van der Waals surface area contributed by atoms with Crippen molar-refractivity contribution in [2.45, 2.75) is 19.4 Å². The van der Waals surface area contributed by atoms with Gasteiger partial charge in [0.25, 0.3) is 0 Å². The molecule has 0 aliphatic rings. The van der Waals surface area contributed by atoms with Crippen molar-refractivity contribution < 1.29 is 5.11 Å². The maximum atomic E-state index is 9.27. The molecular formula is C13H17N3O. The number of pyridine rings is 1. The van der Waals surface area contributed by atoms with E-state index >= 15 is 0 Å². The predicted molar refractivity (Wildman–Crippen MR) is 70.9 cm³/mol. The Bertz CT molecular complexity index is 537. The van der Waals surface area contributed by atoms with Crippen molar-refractivity contribution in [3.05, 3.63) is 30.5 Å². The molecule has 0 amide bonds. The highest BCUT2D eigenvalue weighted by Crippen LogP contribution is 2.25. The fourth-order valence-electron chi connectivity index (χ4n) is 1.65. The number of anilines is 2. The van der Waals surface area contributed by atoms with E-state index in [0.717, 1.165) is 16.6 Å². The lowest BCUT2D eigenvalue weighted by molar-refractivity contribution is 0.234. The van der Waals surface area contributed by atoms with E-state index in [1.54, 1.807) is 6.20 Å². The van der Waals surface area contributed by atoms with Gasteiger partial charge >= 0.3 is 0 Å². The molecule has 0 radical (unpaired) electrons. The zero-order valence-electron chi connectivity index (χ0n) is 10.1. The summed E-state index contributed by atoms with van der Waals surface area (Å²) >= 11 is 0. The first-order chi connectivity index (χ1) is 8.02. The van der Waals surface area contributed by atoms with Gasteiger partial charge in [0.1, 0.15) is 5.82 Å². The molecule has 4 heteroatoms. The van der Waals surface area contributed by atoms with Gasteiger partial charge in [0.2, 0.25) is 0 Å². The highest BCUT2D eigenvalue weighted by atomic mass is 16.3. The largest absolute Gasteiger partial charge is 0.399 e. The maximum Gasteiger partial charge on any atom is 0.134 e. The SMILES string of the molecule is CC(C)(CO)Nc1nccc2ccc(N)cc12. The van der Waals surface area contributed by atoms with Gasteiger partial charge < -0.3 is 16.2 Å². The number of nitrogens with zero attached hydrogens (tertiary/aromatic N) is 1. The number of nitrogens with two attached hydrogens (primary N) is 1. The van der Waals surface area contributed by atoms with Crippen LogP contribution in [-0.4, -0.2) is 22.2 Å². The van der Waals surface area contributed by atoms with E-state index in [-0.39, 0.29) is 6.61 Å². The maximum absolute atomic E-state index is 9.27. The summed E-state index contributed by atoms with van der Waals surface area (Å²) in [5.74, 6) is 0.744. The van der Waals surface area contributed by atoms with Gasteiger partial charge in [-0.3, -0.25) is 0 Å². The van der Waals surface area contributed by atoms with Crippen molar-refractivity contribution >= 4 is 22.3 Å². The van der Waals surface area contributed by atoms with Gasteiger partial charge in [-0.25, -0.2) is 4.98 Å². The number of nitrogens with one attached hydrogen (secondary N) is 1. The highest BCUT2D eigenvalue weighted by Gasteiger charge is 2.17. The lowest BCUT2D eigenvalue weighted by atomic mass is 10.1. The monoisotopic (exact) mass is 231 g/mol. The third kappa shape index (κ3) is 2.47. The van der Waals surface area contributed by atoms with Crippen molar-refractivity contribution in [2.75, 3.05) is 17.7 Å². The molecular weight excluding hydrogens is 214 g/mol. The molecule has 0 saturated heterocycles. The second kappa shape index (κ2) is 4.22. The summed E-state index contributed by atoms with van der Waals surface area (Å²) in [6.07, 6.45) is 1.74. The van der Waals surface area contributed by atoms with Gasteiger partial charge in [0.05, 0.1) is 12.1 Å². The molecule has 0 atom stereocenters. The van der Waals surface area contributed by atoms with E-state index in [1.807, 2.05) is 38.1 Å². The molecule has 90 valence electrons. The quantitative estimate of drug-likeness (QED) is 0.706. The van der Waals surface area contributed by atoms with Crippen LogP contribution in [0.3, 0.4) is 0 Å². The molecule has 1 aromatic heterocycles. The Morgan fingerprint density at radius 2 is 2.12 bits per heavy atom. The van der Waals surface area contributed by atoms with Gasteiger partial charge in [-0.2, -0.15) is 0 Å². The minimum Gasteiger partial charge on any atom is -0.399 e. The summed E-state index contributed by atoms with van der Waals surface area (Å²) in [6.45, 7) is 3.87. The first-order valence-electron chi connectivity index (χ1n) is 5.55. The van der Waals surface area contributed by atoms with Crippen molar-refractivity contribution in [3.63, 3.8) is 0 Å². The van der Waals surface area contributed by atoms with Crippen molar-refractivity contribution in [3.8, 4) is 0 Å². The molecule has 0 bridgehead atoms. The van der Waals surface area contributed by atoms with Gasteiger partial charge in [-0.05, 0) is 37.4 Å². The Morgan fingerprint density at radius 1 is 1.35 bits per heavy atom. The van der Waals surface area contributed by atoms with Crippen molar-refractivity contribution in [2.24, 2.45) is 0 Å². The summed E-state index contributed by atoms with van der Waals surface area (Å²) < 4.78 is 0. The Labute approximate surface area is 100 Å². The number of aliphatic hydroxyl groups is 1. The normalized spacial score (nSPS) is 11.7. The molecule has 0 aliphatic carbocycles. The molecule has 0 saturated carbocycles. The number of benzene rings is 1. The summed E-state index contributed by atoms with van der Waals surface area (Å²) in [6, 6.07) is 7.65. The van der Waals surface area contributed by atoms with E-state index in [2.05, 4.69) is 10.3 Å². The minimum absolute atomic E-state index is 0.0351. The van der Waals surface area contributed by atoms with E-state index in [4.69, 9.17) is 5.73 Å². The number of fused-ring (bicyclic) bond motifs is 1. The van der Waals surface area contributed by atoms with E-state index in [9.17, 15) is 5.11 Å². The van der Waals surface area contributed by atoms with Crippen LogP contribution in [0.25, 0.3) is 10.8 Å². The zero-order chi connectivity index (χ0) is 12.5. The third-order valence-electron chi connectivity index (χ3n) is 2.64. The molecule has 17 heavy (non-hydrogen) atoms. The lowest BCUT2D eigenvalue weighted by Gasteiger charge is -2.25. The number of hydrogen-bond donors (Lipinski definition) is 3. The van der Waals surface area contributed by atoms with Crippen molar-refractivity contribution in [1.29, 1.82) is 0 Å². The number of hydrogen-bond acceptors (Lipinski definition) is 4. The second-order valence-electron chi connectivity index (χ2n) is 4.81. The van der Waals surface area contributed by atoms with Gasteiger partial charge in [-0.15, -0.1) is 0 Å². The Morgan fingerprint density at radius 3 is 2.82 bits per heavy atom. The summed E-state index contributed by atoms with van der Waals surface area (Å²) in [5.41, 5.74) is 6.08. The number of aromatic nitrogens is 1. The summed E-state index contributed by atoms with van der Waals surface area (Å²) in [4.78, 5) is 4.30. The molecule has 1 heterocycles. The standard InChI is InChI=1S/C13H17N3O/c1-13(2,8-17)16-12-11-7-10(14)4-3-9(11)5-6-15-12/h3-7,17H,8,14H2,1-2H3,(H,15,16).